The Morgan fingerprint density at radius 2 is 1.21 bits per heavy atom. The van der Waals surface area contributed by atoms with Crippen molar-refractivity contribution >= 4 is 0 Å². The van der Waals surface area contributed by atoms with Gasteiger partial charge < -0.3 is 20.4 Å². The number of aliphatic hydroxyl groups is 2. The summed E-state index contributed by atoms with van der Waals surface area (Å²) in [5, 5.41) is 40.6. The van der Waals surface area contributed by atoms with Crippen LogP contribution in [0.1, 0.15) is 65.0 Å². The molecule has 3 rings (SSSR count). The molecule has 0 bridgehead atoms. The third-order valence-electron chi connectivity index (χ3n) is 6.12. The van der Waals surface area contributed by atoms with Crippen molar-refractivity contribution in [2.45, 2.75) is 58.3 Å². The van der Waals surface area contributed by atoms with Crippen LogP contribution in [0.15, 0.2) is 24.3 Å². The molecular weight excluding hydrogens is 352 g/mol. The van der Waals surface area contributed by atoms with E-state index in [1.165, 1.54) is 0 Å². The number of hydrogen-bond donors (Lipinski definition) is 4. The molecule has 0 amide bonds. The van der Waals surface area contributed by atoms with Crippen molar-refractivity contribution in [3.05, 3.63) is 57.6 Å². The first kappa shape index (κ1) is 20.7. The minimum absolute atomic E-state index is 0.0636. The quantitative estimate of drug-likeness (QED) is 0.579. The molecule has 152 valence electrons. The van der Waals surface area contributed by atoms with Crippen molar-refractivity contribution in [2.75, 3.05) is 13.2 Å². The Balaban J connectivity index is 2.19. The van der Waals surface area contributed by atoms with Gasteiger partial charge in [0, 0.05) is 30.3 Å². The molecule has 0 heterocycles. The van der Waals surface area contributed by atoms with Crippen LogP contribution in [0.4, 0.5) is 0 Å². The van der Waals surface area contributed by atoms with Gasteiger partial charge in [-0.15, -0.1) is 0 Å². The average Bonchev–Trinajstić information content (AvgIpc) is 3.18. The van der Waals surface area contributed by atoms with Crippen LogP contribution < -0.4 is 0 Å². The third-order valence-corrected chi connectivity index (χ3v) is 6.12. The molecule has 28 heavy (non-hydrogen) atoms. The predicted octanol–water partition coefficient (Wildman–Crippen LogP) is 4.11. The number of benzene rings is 2. The molecule has 2 aromatic carbocycles. The van der Waals surface area contributed by atoms with Crippen molar-refractivity contribution in [2.24, 2.45) is 5.92 Å². The zero-order valence-corrected chi connectivity index (χ0v) is 16.9. The van der Waals surface area contributed by atoms with E-state index >= 15 is 0 Å². The maximum Gasteiger partial charge on any atom is 0.122 e. The van der Waals surface area contributed by atoms with Crippen LogP contribution in [-0.2, 0) is 12.8 Å². The lowest BCUT2D eigenvalue weighted by atomic mass is 9.77. The van der Waals surface area contributed by atoms with E-state index in [9.17, 15) is 20.4 Å². The number of aliphatic hydroxyl groups excluding tert-OH is 2. The highest BCUT2D eigenvalue weighted by atomic mass is 16.3. The first-order valence-electron chi connectivity index (χ1n) is 10.3. The van der Waals surface area contributed by atoms with E-state index in [0.717, 1.165) is 59.1 Å². The molecule has 0 unspecified atom stereocenters. The lowest BCUT2D eigenvalue weighted by Crippen LogP contribution is -2.14. The van der Waals surface area contributed by atoms with Crippen LogP contribution in [0.3, 0.4) is 0 Å². The van der Waals surface area contributed by atoms with Crippen molar-refractivity contribution in [1.29, 1.82) is 0 Å². The molecule has 1 aliphatic carbocycles. The molecule has 0 radical (unpaired) electrons. The second-order valence-corrected chi connectivity index (χ2v) is 8.17. The maximum atomic E-state index is 10.9. The highest BCUT2D eigenvalue weighted by Crippen LogP contribution is 2.48. The Morgan fingerprint density at radius 1 is 0.786 bits per heavy atom. The zero-order chi connectivity index (χ0) is 20.3. The van der Waals surface area contributed by atoms with Crippen LogP contribution in [0.2, 0.25) is 0 Å². The van der Waals surface area contributed by atoms with E-state index in [-0.39, 0.29) is 30.6 Å². The summed E-state index contributed by atoms with van der Waals surface area (Å²) in [6.07, 6.45) is 5.54. The standard InChI is InChI=1S/C24H32O4/c1-15-11-17(7-9-25)13-20(23(15)27)22(19-5-3-4-6-19)21-14-18(8-10-26)12-16(2)24(21)28/h11-14,19,22,25-28H,3-10H2,1-2H3. The molecule has 1 saturated carbocycles. The molecule has 2 aromatic rings. The van der Waals surface area contributed by atoms with Gasteiger partial charge in [0.15, 0.2) is 0 Å². The molecular formula is C24H32O4. The van der Waals surface area contributed by atoms with Gasteiger partial charge in [-0.25, -0.2) is 0 Å². The van der Waals surface area contributed by atoms with E-state index in [1.54, 1.807) is 0 Å². The largest absolute Gasteiger partial charge is 0.507 e. The van der Waals surface area contributed by atoms with Crippen LogP contribution in [0, 0.1) is 19.8 Å². The lowest BCUT2D eigenvalue weighted by molar-refractivity contribution is 0.299. The SMILES string of the molecule is Cc1cc(CCO)cc(C(c2cc(CCO)cc(C)c2O)C2CCCC2)c1O. The number of phenols is 2. The molecule has 0 saturated heterocycles. The van der Waals surface area contributed by atoms with E-state index in [2.05, 4.69) is 0 Å². The number of aromatic hydroxyl groups is 2. The van der Waals surface area contributed by atoms with Crippen molar-refractivity contribution in [1.82, 2.24) is 0 Å². The molecule has 4 heteroatoms. The summed E-state index contributed by atoms with van der Waals surface area (Å²) in [5.74, 6) is 0.813. The number of hydrogen-bond acceptors (Lipinski definition) is 4. The highest BCUT2D eigenvalue weighted by molar-refractivity contribution is 5.54. The maximum absolute atomic E-state index is 10.9. The summed E-state index contributed by atoms with van der Waals surface area (Å²) < 4.78 is 0. The van der Waals surface area contributed by atoms with Crippen molar-refractivity contribution in [3.63, 3.8) is 0 Å². The van der Waals surface area contributed by atoms with Gasteiger partial charge in [0.2, 0.25) is 0 Å². The van der Waals surface area contributed by atoms with E-state index in [0.29, 0.717) is 18.8 Å². The fourth-order valence-electron chi connectivity index (χ4n) is 4.75. The molecule has 4 nitrogen and oxygen atoms in total. The van der Waals surface area contributed by atoms with E-state index < -0.39 is 0 Å². The molecule has 1 fully saturated rings. The summed E-state index contributed by atoms with van der Waals surface area (Å²) in [6, 6.07) is 7.84. The normalized spacial score (nSPS) is 14.9. The van der Waals surface area contributed by atoms with Gasteiger partial charge >= 0.3 is 0 Å². The minimum Gasteiger partial charge on any atom is -0.507 e. The summed E-state index contributed by atoms with van der Waals surface area (Å²) in [5.41, 5.74) is 5.27. The Bertz CT molecular complexity index is 760. The predicted molar refractivity (Wildman–Crippen MR) is 111 cm³/mol. The topological polar surface area (TPSA) is 80.9 Å². The van der Waals surface area contributed by atoms with Gasteiger partial charge in [0.05, 0.1) is 0 Å². The van der Waals surface area contributed by atoms with Crippen molar-refractivity contribution in [3.8, 4) is 11.5 Å². The van der Waals surface area contributed by atoms with E-state index in [1.807, 2.05) is 38.1 Å². The molecule has 4 N–H and O–H groups in total. The van der Waals surface area contributed by atoms with Crippen LogP contribution in [0.25, 0.3) is 0 Å². The summed E-state index contributed by atoms with van der Waals surface area (Å²) >= 11 is 0. The molecule has 0 aromatic heterocycles. The van der Waals surface area contributed by atoms with Gasteiger partial charge in [0.1, 0.15) is 11.5 Å². The first-order valence-corrected chi connectivity index (χ1v) is 10.3. The van der Waals surface area contributed by atoms with Crippen LogP contribution in [-0.4, -0.2) is 33.6 Å². The molecule has 0 atom stereocenters. The highest BCUT2D eigenvalue weighted by Gasteiger charge is 2.32. The molecule has 0 aliphatic heterocycles. The fraction of sp³-hybridized carbons (Fsp3) is 0.500. The van der Waals surface area contributed by atoms with Gasteiger partial charge in [0.25, 0.3) is 0 Å². The number of rotatable bonds is 7. The minimum atomic E-state index is -0.0998. The Morgan fingerprint density at radius 3 is 1.61 bits per heavy atom. The Labute approximate surface area is 167 Å². The van der Waals surface area contributed by atoms with Gasteiger partial charge in [-0.2, -0.15) is 0 Å². The second kappa shape index (κ2) is 8.97. The molecule has 1 aliphatic rings. The van der Waals surface area contributed by atoms with Gasteiger partial charge in [-0.05, 0) is 67.7 Å². The zero-order valence-electron chi connectivity index (χ0n) is 16.9. The second-order valence-electron chi connectivity index (χ2n) is 8.17. The Hall–Kier alpha value is -2.04. The lowest BCUT2D eigenvalue weighted by Gasteiger charge is -2.28. The third kappa shape index (κ3) is 4.18. The number of aryl methyl sites for hydroxylation is 2. The number of phenolic OH excluding ortho intramolecular Hbond substituents is 2. The monoisotopic (exact) mass is 384 g/mol. The first-order chi connectivity index (χ1) is 13.5. The van der Waals surface area contributed by atoms with Gasteiger partial charge in [-0.3, -0.25) is 0 Å². The summed E-state index contributed by atoms with van der Waals surface area (Å²) in [4.78, 5) is 0. The summed E-state index contributed by atoms with van der Waals surface area (Å²) in [7, 11) is 0. The van der Waals surface area contributed by atoms with Gasteiger partial charge in [-0.1, -0.05) is 37.1 Å². The van der Waals surface area contributed by atoms with Crippen molar-refractivity contribution < 1.29 is 20.4 Å². The van der Waals surface area contributed by atoms with Crippen LogP contribution >= 0.6 is 0 Å². The summed E-state index contributed by atoms with van der Waals surface area (Å²) in [6.45, 7) is 3.90. The average molecular weight is 385 g/mol. The Kier molecular flexibility index (Phi) is 6.63. The van der Waals surface area contributed by atoms with E-state index in [4.69, 9.17) is 0 Å². The molecule has 0 spiro atoms. The fourth-order valence-corrected chi connectivity index (χ4v) is 4.75. The smallest absolute Gasteiger partial charge is 0.122 e. The van der Waals surface area contributed by atoms with Crippen LogP contribution in [0.5, 0.6) is 11.5 Å².